The van der Waals surface area contributed by atoms with Crippen LogP contribution in [0.25, 0.3) is 78.8 Å². The molecule has 0 unspecified atom stereocenters. The average Bonchev–Trinajstić information content (AvgIpc) is 3.24. The molecule has 0 saturated carbocycles. The van der Waals surface area contributed by atoms with Crippen molar-refractivity contribution in [3.63, 3.8) is 0 Å². The first-order valence-electron chi connectivity index (χ1n) is 17.4. The van der Waals surface area contributed by atoms with Crippen molar-refractivity contribution in [2.75, 3.05) is 0 Å². The second kappa shape index (κ2) is 13.8. The number of para-hydroxylation sites is 1. The molecule has 9 rings (SSSR count). The molecule has 0 atom stereocenters. The molecule has 0 spiro atoms. The lowest BCUT2D eigenvalue weighted by atomic mass is 9.82. The van der Waals surface area contributed by atoms with E-state index in [2.05, 4.69) is 90.0 Å². The van der Waals surface area contributed by atoms with Crippen LogP contribution < -0.4 is 0 Å². The molecule has 5 nitrogen and oxygen atoms in total. The summed E-state index contributed by atoms with van der Waals surface area (Å²) in [6.07, 6.45) is 2.11. The summed E-state index contributed by atoms with van der Waals surface area (Å²) >= 11 is 4.33. The number of nitrogens with one attached hydrogen (secondary N) is 1. The molecule has 1 N–H and O–H groups in total. The van der Waals surface area contributed by atoms with Crippen molar-refractivity contribution >= 4 is 46.8 Å². The number of thiol groups is 1. The van der Waals surface area contributed by atoms with Crippen LogP contribution in [-0.4, -0.2) is 26.4 Å². The summed E-state index contributed by atoms with van der Waals surface area (Å²) in [6.45, 7) is 0. The standard InChI is InChI=1S/C47H31N5S/c48-44-43-37-21-10-11-22-40(37)49-45(39(43)28-38(46(44)52-53)31-13-4-1-5-14-31)36-20-12-19-35(27-36)30-23-25-33(26-24-30)42-29-41(32-15-6-2-7-16-32)50-47(51-42)34-17-8-3-9-18-34/h1-29,48,53H. The van der Waals surface area contributed by atoms with Crippen molar-refractivity contribution in [2.24, 2.45) is 4.40 Å². The Kier molecular flexibility index (Phi) is 8.35. The van der Waals surface area contributed by atoms with E-state index in [1.807, 2.05) is 103 Å². The third kappa shape index (κ3) is 6.05. The van der Waals surface area contributed by atoms with E-state index in [-0.39, 0.29) is 0 Å². The summed E-state index contributed by atoms with van der Waals surface area (Å²) in [5.74, 6) is 0.690. The molecule has 8 aromatic rings. The number of hydrogen-bond acceptors (Lipinski definition) is 6. The minimum absolute atomic E-state index is 0.332. The fraction of sp³-hybridized carbons (Fsp3) is 0. The van der Waals surface area contributed by atoms with E-state index in [0.29, 0.717) is 17.2 Å². The third-order valence-corrected chi connectivity index (χ3v) is 9.82. The van der Waals surface area contributed by atoms with Crippen LogP contribution in [0.15, 0.2) is 174 Å². The van der Waals surface area contributed by atoms with E-state index in [1.54, 1.807) is 0 Å². The number of fused-ring (bicyclic) bond motifs is 3. The first kappa shape index (κ1) is 32.2. The monoisotopic (exact) mass is 697 g/mol. The van der Waals surface area contributed by atoms with Gasteiger partial charge in [-0.3, -0.25) is 5.41 Å². The van der Waals surface area contributed by atoms with Gasteiger partial charge in [0.2, 0.25) is 0 Å². The van der Waals surface area contributed by atoms with Crippen LogP contribution in [0, 0.1) is 5.41 Å². The zero-order chi connectivity index (χ0) is 35.7. The highest BCUT2D eigenvalue weighted by Gasteiger charge is 2.28. The van der Waals surface area contributed by atoms with Gasteiger partial charge >= 0.3 is 0 Å². The van der Waals surface area contributed by atoms with Crippen molar-refractivity contribution < 1.29 is 0 Å². The highest BCUT2D eigenvalue weighted by molar-refractivity contribution is 7.79. The van der Waals surface area contributed by atoms with Crippen LogP contribution in [0.2, 0.25) is 0 Å². The largest absolute Gasteiger partial charge is 0.298 e. The van der Waals surface area contributed by atoms with E-state index in [4.69, 9.17) is 15.0 Å². The Balaban J connectivity index is 1.13. The second-order valence-corrected chi connectivity index (χ2v) is 13.1. The van der Waals surface area contributed by atoms with Crippen LogP contribution in [-0.2, 0) is 0 Å². The van der Waals surface area contributed by atoms with Gasteiger partial charge in [0.05, 0.1) is 28.3 Å². The van der Waals surface area contributed by atoms with E-state index in [1.165, 1.54) is 0 Å². The van der Waals surface area contributed by atoms with Gasteiger partial charge in [-0.1, -0.05) is 152 Å². The van der Waals surface area contributed by atoms with E-state index in [9.17, 15) is 5.41 Å². The molecule has 6 aromatic carbocycles. The molecular weight excluding hydrogens is 667 g/mol. The summed E-state index contributed by atoms with van der Waals surface area (Å²) in [7, 11) is 0. The van der Waals surface area contributed by atoms with Gasteiger partial charge in [-0.15, -0.1) is 0 Å². The molecule has 2 heterocycles. The molecule has 0 amide bonds. The van der Waals surface area contributed by atoms with Crippen LogP contribution >= 0.6 is 12.8 Å². The normalized spacial score (nSPS) is 13.2. The van der Waals surface area contributed by atoms with Gasteiger partial charge in [-0.05, 0) is 53.8 Å². The minimum Gasteiger partial charge on any atom is -0.298 e. The maximum atomic E-state index is 9.38. The molecule has 0 aliphatic heterocycles. The number of pyridine rings is 1. The molecule has 6 heteroatoms. The van der Waals surface area contributed by atoms with E-state index in [0.717, 1.165) is 83.6 Å². The number of hydrogen-bond donors (Lipinski definition) is 2. The Morgan fingerprint density at radius 2 is 1.02 bits per heavy atom. The number of nitrogens with zero attached hydrogens (tertiary/aromatic N) is 4. The van der Waals surface area contributed by atoms with Crippen molar-refractivity contribution in [1.82, 2.24) is 15.0 Å². The van der Waals surface area contributed by atoms with Crippen LogP contribution in [0.1, 0.15) is 16.7 Å². The predicted octanol–water partition coefficient (Wildman–Crippen LogP) is 11.6. The fourth-order valence-electron chi connectivity index (χ4n) is 7.01. The van der Waals surface area contributed by atoms with Gasteiger partial charge in [0.25, 0.3) is 0 Å². The maximum Gasteiger partial charge on any atom is 0.160 e. The van der Waals surface area contributed by atoms with Crippen LogP contribution in [0.5, 0.6) is 0 Å². The highest BCUT2D eigenvalue weighted by atomic mass is 32.1. The SMILES string of the molecule is N=C1C(=NS)C(c2ccccc2)=Cc2c(-c3cccc(-c4ccc(-c5cc(-c6ccccc6)nc(-c6ccccc6)n5)cc4)c3)nc3ccccc3c21. The molecule has 1 aliphatic carbocycles. The Hall–Kier alpha value is -6.76. The lowest BCUT2D eigenvalue weighted by molar-refractivity contribution is 1.18. The van der Waals surface area contributed by atoms with Crippen molar-refractivity contribution in [2.45, 2.75) is 0 Å². The quantitative estimate of drug-likeness (QED) is 0.170. The lowest BCUT2D eigenvalue weighted by Gasteiger charge is -2.23. The summed E-state index contributed by atoms with van der Waals surface area (Å²) in [4.78, 5) is 15.2. The summed E-state index contributed by atoms with van der Waals surface area (Å²) in [5, 5.41) is 10.3. The zero-order valence-electron chi connectivity index (χ0n) is 28.5. The Morgan fingerprint density at radius 1 is 0.472 bits per heavy atom. The summed E-state index contributed by atoms with van der Waals surface area (Å²) in [6, 6.07) is 57.4. The van der Waals surface area contributed by atoms with Gasteiger partial charge in [-0.2, -0.15) is 0 Å². The Labute approximate surface area is 313 Å². The first-order valence-corrected chi connectivity index (χ1v) is 17.8. The highest BCUT2D eigenvalue weighted by Crippen LogP contribution is 2.39. The average molecular weight is 698 g/mol. The van der Waals surface area contributed by atoms with Crippen molar-refractivity contribution in [3.8, 4) is 56.3 Å². The smallest absolute Gasteiger partial charge is 0.160 e. The van der Waals surface area contributed by atoms with E-state index < -0.39 is 0 Å². The number of benzene rings is 6. The van der Waals surface area contributed by atoms with Gasteiger partial charge < -0.3 is 0 Å². The minimum atomic E-state index is 0.332. The summed E-state index contributed by atoms with van der Waals surface area (Å²) < 4.78 is 4.31. The first-order chi connectivity index (χ1) is 26.1. The molecule has 0 saturated heterocycles. The summed E-state index contributed by atoms with van der Waals surface area (Å²) in [5.41, 5.74) is 13.9. The molecule has 0 fully saturated rings. The third-order valence-electron chi connectivity index (χ3n) is 9.62. The number of allylic oxidation sites excluding steroid dienone is 1. The zero-order valence-corrected chi connectivity index (χ0v) is 29.4. The molecule has 250 valence electrons. The molecular formula is C47H31N5S. The van der Waals surface area contributed by atoms with Crippen LogP contribution in [0.3, 0.4) is 0 Å². The van der Waals surface area contributed by atoms with Gasteiger partial charge in [0.1, 0.15) is 5.71 Å². The van der Waals surface area contributed by atoms with Crippen molar-refractivity contribution in [1.29, 1.82) is 5.41 Å². The second-order valence-electron chi connectivity index (χ2n) is 12.9. The van der Waals surface area contributed by atoms with Gasteiger partial charge in [-0.25, -0.2) is 19.3 Å². The Morgan fingerprint density at radius 3 is 1.70 bits per heavy atom. The molecule has 0 radical (unpaired) electrons. The van der Waals surface area contributed by atoms with Crippen LogP contribution in [0.4, 0.5) is 0 Å². The van der Waals surface area contributed by atoms with E-state index >= 15 is 0 Å². The molecule has 1 aliphatic rings. The van der Waals surface area contributed by atoms with Gasteiger partial charge in [0.15, 0.2) is 5.82 Å². The fourth-order valence-corrected chi connectivity index (χ4v) is 7.22. The molecule has 53 heavy (non-hydrogen) atoms. The topological polar surface area (TPSA) is 74.9 Å². The lowest BCUT2D eigenvalue weighted by Crippen LogP contribution is -2.22. The van der Waals surface area contributed by atoms with Crippen molar-refractivity contribution in [3.05, 3.63) is 187 Å². The number of aromatic nitrogens is 3. The molecule has 2 aromatic heterocycles. The van der Waals surface area contributed by atoms with Gasteiger partial charge in [0, 0.05) is 44.3 Å². The number of rotatable bonds is 6. The Bertz CT molecular complexity index is 2660. The predicted molar refractivity (Wildman–Crippen MR) is 222 cm³/mol. The molecule has 0 bridgehead atoms. The maximum absolute atomic E-state index is 9.38.